The second-order valence-electron chi connectivity index (χ2n) is 8.57. The summed E-state index contributed by atoms with van der Waals surface area (Å²) in [6, 6.07) is 6.98. The van der Waals surface area contributed by atoms with Crippen molar-refractivity contribution in [2.24, 2.45) is 0 Å². The third-order valence-electron chi connectivity index (χ3n) is 6.10. The summed E-state index contributed by atoms with van der Waals surface area (Å²) >= 11 is 6.12. The maximum atomic E-state index is 13.4. The van der Waals surface area contributed by atoms with Gasteiger partial charge in [0.2, 0.25) is 0 Å². The fourth-order valence-corrected chi connectivity index (χ4v) is 6.11. The number of benzene rings is 1. The highest BCUT2D eigenvalue weighted by atomic mass is 35.5. The topological polar surface area (TPSA) is 93.9 Å². The van der Waals surface area contributed by atoms with Gasteiger partial charge in [0.1, 0.15) is 0 Å². The molecule has 1 aromatic carbocycles. The van der Waals surface area contributed by atoms with Crippen molar-refractivity contribution in [2.75, 3.05) is 16.8 Å². The van der Waals surface area contributed by atoms with E-state index in [-0.39, 0.29) is 23.5 Å². The Hall–Kier alpha value is -2.45. The van der Waals surface area contributed by atoms with Crippen LogP contribution < -0.4 is 5.32 Å². The molecule has 0 spiro atoms. The number of nitrogens with zero attached hydrogens (tertiary/aromatic N) is 3. The van der Waals surface area contributed by atoms with Crippen molar-refractivity contribution in [1.82, 2.24) is 14.8 Å². The number of sulfone groups is 1. The molecule has 3 heterocycles. The van der Waals surface area contributed by atoms with Crippen LogP contribution in [0.25, 0.3) is 11.0 Å². The second-order valence-corrected chi connectivity index (χ2v) is 11.2. The van der Waals surface area contributed by atoms with Gasteiger partial charge in [-0.05, 0) is 56.9 Å². The predicted octanol–water partition coefficient (Wildman–Crippen LogP) is 4.19. The number of anilines is 1. The number of hydrogen-bond donors (Lipinski definition) is 1. The van der Waals surface area contributed by atoms with Gasteiger partial charge in [-0.25, -0.2) is 18.1 Å². The molecule has 31 heavy (non-hydrogen) atoms. The molecule has 5 rings (SSSR count). The van der Waals surface area contributed by atoms with Crippen molar-refractivity contribution in [3.63, 3.8) is 0 Å². The molecule has 1 aliphatic carbocycles. The van der Waals surface area contributed by atoms with E-state index < -0.39 is 9.84 Å². The first-order valence-corrected chi connectivity index (χ1v) is 12.6. The lowest BCUT2D eigenvalue weighted by Crippen LogP contribution is -2.16. The Morgan fingerprint density at radius 2 is 1.97 bits per heavy atom. The number of hydrogen-bond acceptors (Lipinski definition) is 5. The van der Waals surface area contributed by atoms with Crippen LogP contribution in [-0.4, -0.2) is 40.6 Å². The Labute approximate surface area is 185 Å². The zero-order chi connectivity index (χ0) is 21.9. The van der Waals surface area contributed by atoms with Crippen molar-refractivity contribution in [3.8, 4) is 0 Å². The van der Waals surface area contributed by atoms with Crippen LogP contribution in [0.2, 0.25) is 5.02 Å². The third kappa shape index (κ3) is 3.83. The van der Waals surface area contributed by atoms with Crippen molar-refractivity contribution < 1.29 is 13.2 Å². The quantitative estimate of drug-likeness (QED) is 0.632. The van der Waals surface area contributed by atoms with Gasteiger partial charge in [0.25, 0.3) is 5.91 Å². The number of halogens is 1. The summed E-state index contributed by atoms with van der Waals surface area (Å²) in [6.45, 7) is 3.75. The highest BCUT2D eigenvalue weighted by Crippen LogP contribution is 2.41. The number of carbonyl (C=O) groups excluding carboxylic acids is 1. The molecule has 2 aromatic heterocycles. The summed E-state index contributed by atoms with van der Waals surface area (Å²) in [5.41, 5.74) is 4.20. The van der Waals surface area contributed by atoms with Crippen LogP contribution in [-0.2, 0) is 9.84 Å². The number of pyridine rings is 1. The molecule has 9 heteroatoms. The van der Waals surface area contributed by atoms with E-state index in [1.807, 2.05) is 26.0 Å². The highest BCUT2D eigenvalue weighted by Gasteiger charge is 2.34. The summed E-state index contributed by atoms with van der Waals surface area (Å²) < 4.78 is 25.8. The molecule has 7 nitrogen and oxygen atoms in total. The van der Waals surface area contributed by atoms with Gasteiger partial charge in [0.15, 0.2) is 15.5 Å². The minimum absolute atomic E-state index is 0.0573. The van der Waals surface area contributed by atoms with E-state index >= 15 is 0 Å². The largest absolute Gasteiger partial charge is 0.322 e. The van der Waals surface area contributed by atoms with Gasteiger partial charge in [-0.15, -0.1) is 0 Å². The molecule has 2 aliphatic rings. The molecule has 1 atom stereocenters. The number of nitrogens with one attached hydrogen (secondary N) is 1. The predicted molar refractivity (Wildman–Crippen MR) is 121 cm³/mol. The normalized spacial score (nSPS) is 20.3. The van der Waals surface area contributed by atoms with E-state index in [0.717, 1.165) is 24.1 Å². The molecule has 0 bridgehead atoms. The van der Waals surface area contributed by atoms with Crippen LogP contribution in [0.4, 0.5) is 5.69 Å². The molecular weight excluding hydrogens is 436 g/mol. The van der Waals surface area contributed by atoms with Gasteiger partial charge in [0.05, 0.1) is 34.2 Å². The van der Waals surface area contributed by atoms with Gasteiger partial charge >= 0.3 is 0 Å². The van der Waals surface area contributed by atoms with Crippen molar-refractivity contribution in [1.29, 1.82) is 0 Å². The Balaban J connectivity index is 1.62. The minimum Gasteiger partial charge on any atom is -0.322 e. The molecule has 1 N–H and O–H groups in total. The number of rotatable bonds is 4. The fraction of sp³-hybridized carbons (Fsp3) is 0.409. The van der Waals surface area contributed by atoms with E-state index in [0.29, 0.717) is 45.3 Å². The molecule has 1 saturated heterocycles. The Morgan fingerprint density at radius 1 is 1.19 bits per heavy atom. The lowest BCUT2D eigenvalue weighted by molar-refractivity contribution is 0.102. The van der Waals surface area contributed by atoms with Crippen LogP contribution in [0, 0.1) is 13.8 Å². The number of aromatic nitrogens is 3. The molecule has 1 aliphatic heterocycles. The number of carbonyl (C=O) groups is 1. The van der Waals surface area contributed by atoms with Gasteiger partial charge in [-0.1, -0.05) is 17.7 Å². The maximum absolute atomic E-state index is 13.4. The number of amides is 1. The fourth-order valence-electron chi connectivity index (χ4n) is 4.24. The molecular formula is C22H23ClN4O3S. The number of fused-ring (bicyclic) bond motifs is 1. The van der Waals surface area contributed by atoms with Crippen molar-refractivity contribution >= 4 is 44.1 Å². The first kappa shape index (κ1) is 20.5. The Bertz CT molecular complexity index is 1330. The molecule has 2 fully saturated rings. The molecule has 0 radical (unpaired) electrons. The van der Waals surface area contributed by atoms with Gasteiger partial charge in [-0.3, -0.25) is 4.79 Å². The lowest BCUT2D eigenvalue weighted by atomic mass is 10.1. The minimum atomic E-state index is -3.07. The van der Waals surface area contributed by atoms with Crippen LogP contribution >= 0.6 is 11.6 Å². The summed E-state index contributed by atoms with van der Waals surface area (Å²) in [7, 11) is -3.07. The van der Waals surface area contributed by atoms with E-state index in [4.69, 9.17) is 16.6 Å². The molecule has 1 saturated carbocycles. The summed E-state index contributed by atoms with van der Waals surface area (Å²) in [4.78, 5) is 18.2. The average Bonchev–Trinajstić information content (AvgIpc) is 3.43. The lowest BCUT2D eigenvalue weighted by Gasteiger charge is -2.13. The number of aryl methyl sites for hydroxylation is 2. The van der Waals surface area contributed by atoms with Crippen LogP contribution in [0.3, 0.4) is 0 Å². The summed E-state index contributed by atoms with van der Waals surface area (Å²) in [5.74, 6) is 0.296. The summed E-state index contributed by atoms with van der Waals surface area (Å²) in [6.07, 6.45) is 2.59. The van der Waals surface area contributed by atoms with E-state index in [2.05, 4.69) is 10.4 Å². The Morgan fingerprint density at radius 3 is 2.65 bits per heavy atom. The SMILES string of the molecule is Cc1ccc(Cl)cc1NC(=O)c1cc(C2CC2)nc2c1c(C)nn2[C@H]1CCS(=O)(=O)C1. The summed E-state index contributed by atoms with van der Waals surface area (Å²) in [5, 5.41) is 8.83. The van der Waals surface area contributed by atoms with Crippen molar-refractivity contribution in [2.45, 2.75) is 45.1 Å². The smallest absolute Gasteiger partial charge is 0.256 e. The molecule has 162 valence electrons. The van der Waals surface area contributed by atoms with Crippen LogP contribution in [0.1, 0.15) is 58.5 Å². The Kier molecular flexibility index (Phi) is 4.82. The van der Waals surface area contributed by atoms with E-state index in [9.17, 15) is 13.2 Å². The molecule has 1 amide bonds. The van der Waals surface area contributed by atoms with Gasteiger partial charge in [0, 0.05) is 22.3 Å². The van der Waals surface area contributed by atoms with Crippen molar-refractivity contribution in [3.05, 3.63) is 51.8 Å². The third-order valence-corrected chi connectivity index (χ3v) is 8.08. The monoisotopic (exact) mass is 458 g/mol. The van der Waals surface area contributed by atoms with Crippen LogP contribution in [0.15, 0.2) is 24.3 Å². The first-order valence-electron chi connectivity index (χ1n) is 10.4. The average molecular weight is 459 g/mol. The zero-order valence-corrected chi connectivity index (χ0v) is 18.9. The molecule has 3 aromatic rings. The highest BCUT2D eigenvalue weighted by molar-refractivity contribution is 7.91. The first-order chi connectivity index (χ1) is 14.7. The van der Waals surface area contributed by atoms with Gasteiger partial charge < -0.3 is 5.32 Å². The standard InChI is InChI=1S/C22H23ClN4O3S/c1-12-3-6-15(23)9-18(12)25-22(28)17-10-19(14-4-5-14)24-21-20(17)13(2)26-27(21)16-7-8-31(29,30)11-16/h3,6,9-10,14,16H,4-5,7-8,11H2,1-2H3,(H,25,28)/t16-/m0/s1. The van der Waals surface area contributed by atoms with E-state index in [1.165, 1.54) is 0 Å². The van der Waals surface area contributed by atoms with Gasteiger partial charge in [-0.2, -0.15) is 5.10 Å². The zero-order valence-electron chi connectivity index (χ0n) is 17.4. The van der Waals surface area contributed by atoms with E-state index in [1.54, 1.807) is 16.8 Å². The van der Waals surface area contributed by atoms with Crippen LogP contribution in [0.5, 0.6) is 0 Å². The molecule has 0 unspecified atom stereocenters. The second kappa shape index (κ2) is 7.31. The maximum Gasteiger partial charge on any atom is 0.256 e.